The minimum absolute atomic E-state index is 0.192. The number of benzene rings is 1. The van der Waals surface area contributed by atoms with Crippen molar-refractivity contribution in [3.8, 4) is 0 Å². The van der Waals surface area contributed by atoms with Gasteiger partial charge >= 0.3 is 0 Å². The Hall–Kier alpha value is -3.24. The molecule has 3 rings (SSSR count). The Morgan fingerprint density at radius 1 is 1.23 bits per heavy atom. The lowest BCUT2D eigenvalue weighted by atomic mass is 9.87. The van der Waals surface area contributed by atoms with Gasteiger partial charge in [0.25, 0.3) is 0 Å². The van der Waals surface area contributed by atoms with Gasteiger partial charge in [-0.05, 0) is 88.3 Å². The summed E-state index contributed by atoms with van der Waals surface area (Å²) in [5.41, 5.74) is 6.90. The molecule has 2 aliphatic heterocycles. The van der Waals surface area contributed by atoms with Crippen LogP contribution in [0.4, 0.5) is 0 Å². The highest BCUT2D eigenvalue weighted by molar-refractivity contribution is 6.30. The highest BCUT2D eigenvalue weighted by atomic mass is 35.5. The molecule has 0 amide bonds. The van der Waals surface area contributed by atoms with Gasteiger partial charge in [0, 0.05) is 35.2 Å². The molecule has 0 bridgehead atoms. The van der Waals surface area contributed by atoms with Crippen LogP contribution in [0.5, 0.6) is 0 Å². The molecule has 0 aromatic heterocycles. The molecule has 2 aliphatic rings. The van der Waals surface area contributed by atoms with E-state index in [9.17, 15) is 0 Å². The summed E-state index contributed by atoms with van der Waals surface area (Å²) < 4.78 is 0. The smallest absolute Gasteiger partial charge is 0.106 e. The number of halogens is 1. The SMILES string of the molecule is C=C.C=C/C=C(\C=C/C)C1CCCN1C(=C)CN1CCCC(C)(N/C(C)=C/c2ccc(Cl)cc2C)C1=C.C=O. The maximum absolute atomic E-state index is 8.00. The second-order valence-corrected chi connectivity index (χ2v) is 10.5. The third-order valence-electron chi connectivity index (χ3n) is 7.29. The number of likely N-dealkylation sites (tertiary alicyclic amines) is 2. The highest BCUT2D eigenvalue weighted by Gasteiger charge is 2.36. The number of nitrogens with zero attached hydrogens (tertiary/aromatic N) is 2. The Balaban J connectivity index is 0.00000181. The van der Waals surface area contributed by atoms with Gasteiger partial charge in [0.15, 0.2) is 0 Å². The van der Waals surface area contributed by atoms with Crippen LogP contribution >= 0.6 is 11.6 Å². The molecule has 2 fully saturated rings. The van der Waals surface area contributed by atoms with Crippen LogP contribution in [-0.2, 0) is 4.79 Å². The lowest BCUT2D eigenvalue weighted by Crippen LogP contribution is -2.52. The Morgan fingerprint density at radius 2 is 1.92 bits per heavy atom. The molecule has 2 saturated heterocycles. The molecular formula is C34H48ClN3O. The Labute approximate surface area is 242 Å². The number of carbonyl (C=O) groups is 1. The van der Waals surface area contributed by atoms with Crippen LogP contribution in [0.25, 0.3) is 6.08 Å². The molecule has 0 saturated carbocycles. The van der Waals surface area contributed by atoms with Gasteiger partial charge in [0.1, 0.15) is 6.79 Å². The van der Waals surface area contributed by atoms with Crippen molar-refractivity contribution >= 4 is 24.5 Å². The number of piperidine rings is 1. The molecule has 2 atom stereocenters. The van der Waals surface area contributed by atoms with E-state index in [0.717, 1.165) is 55.3 Å². The quantitative estimate of drug-likeness (QED) is 0.248. The summed E-state index contributed by atoms with van der Waals surface area (Å²) in [5.74, 6) is 0. The molecule has 2 unspecified atom stereocenters. The van der Waals surface area contributed by atoms with Crippen molar-refractivity contribution in [3.63, 3.8) is 0 Å². The first-order valence-corrected chi connectivity index (χ1v) is 13.9. The van der Waals surface area contributed by atoms with Crippen LogP contribution in [0.3, 0.4) is 0 Å². The van der Waals surface area contributed by atoms with E-state index in [2.05, 4.69) is 106 Å². The lowest BCUT2D eigenvalue weighted by Gasteiger charge is -2.46. The van der Waals surface area contributed by atoms with E-state index < -0.39 is 0 Å². The van der Waals surface area contributed by atoms with E-state index in [0.29, 0.717) is 6.04 Å². The first-order chi connectivity index (χ1) is 18.7. The molecule has 1 N–H and O–H groups in total. The molecule has 4 nitrogen and oxygen atoms in total. The van der Waals surface area contributed by atoms with Crippen molar-refractivity contribution < 1.29 is 4.79 Å². The summed E-state index contributed by atoms with van der Waals surface area (Å²) >= 11 is 6.14. The second-order valence-electron chi connectivity index (χ2n) is 10.1. The number of hydrogen-bond acceptors (Lipinski definition) is 4. The van der Waals surface area contributed by atoms with Crippen LogP contribution in [0.1, 0.15) is 57.6 Å². The normalized spacial score (nSPS) is 21.6. The van der Waals surface area contributed by atoms with E-state index >= 15 is 0 Å². The number of rotatable bonds is 9. The largest absolute Gasteiger partial charge is 0.378 e. The van der Waals surface area contributed by atoms with Crippen LogP contribution in [0, 0.1) is 6.92 Å². The topological polar surface area (TPSA) is 35.6 Å². The summed E-state index contributed by atoms with van der Waals surface area (Å²) in [5, 5.41) is 4.55. The van der Waals surface area contributed by atoms with Gasteiger partial charge in [-0.1, -0.05) is 61.7 Å². The molecule has 1 aromatic carbocycles. The van der Waals surface area contributed by atoms with Crippen LogP contribution in [0.15, 0.2) is 98.1 Å². The maximum atomic E-state index is 8.00. The molecular weight excluding hydrogens is 502 g/mol. The maximum Gasteiger partial charge on any atom is 0.106 e. The monoisotopic (exact) mass is 549 g/mol. The molecule has 2 heterocycles. The van der Waals surface area contributed by atoms with Crippen LogP contribution in [-0.4, -0.2) is 47.8 Å². The first-order valence-electron chi connectivity index (χ1n) is 13.5. The Kier molecular flexibility index (Phi) is 14.4. The molecule has 0 aliphatic carbocycles. The second kappa shape index (κ2) is 16.7. The number of nitrogens with one attached hydrogen (secondary N) is 1. The van der Waals surface area contributed by atoms with Gasteiger partial charge in [-0.25, -0.2) is 0 Å². The van der Waals surface area contributed by atoms with Gasteiger partial charge in [-0.2, -0.15) is 0 Å². The lowest BCUT2D eigenvalue weighted by molar-refractivity contribution is -0.0980. The fourth-order valence-corrected chi connectivity index (χ4v) is 5.70. The van der Waals surface area contributed by atoms with Crippen molar-refractivity contribution in [1.29, 1.82) is 0 Å². The van der Waals surface area contributed by atoms with Gasteiger partial charge in [-0.3, -0.25) is 0 Å². The number of hydrogen-bond donors (Lipinski definition) is 1. The summed E-state index contributed by atoms with van der Waals surface area (Å²) in [6, 6.07) is 6.39. The molecule has 5 heteroatoms. The van der Waals surface area contributed by atoms with Crippen molar-refractivity contribution in [2.45, 2.75) is 65.0 Å². The minimum Gasteiger partial charge on any atom is -0.378 e. The molecule has 0 spiro atoms. The third-order valence-corrected chi connectivity index (χ3v) is 7.52. The average Bonchev–Trinajstić information content (AvgIpc) is 3.41. The van der Waals surface area contributed by atoms with E-state index in [1.807, 2.05) is 25.0 Å². The predicted octanol–water partition coefficient (Wildman–Crippen LogP) is 8.25. The Bertz CT molecular complexity index is 1080. The van der Waals surface area contributed by atoms with Gasteiger partial charge in [-0.15, -0.1) is 13.2 Å². The molecule has 39 heavy (non-hydrogen) atoms. The van der Waals surface area contributed by atoms with Gasteiger partial charge in [0.05, 0.1) is 18.1 Å². The highest BCUT2D eigenvalue weighted by Crippen LogP contribution is 2.34. The standard InChI is InChI=1S/C31H42ClN3.C2H4.CH2O/c1-8-12-27(13-9-2)30-14-10-19-35(30)25(5)22-34-18-11-17-31(7,26(34)6)33-24(4)21-28-15-16-29(32)20-23(28)3;2*1-2/h8-9,12-13,15-16,20-21,30,33H,1,5-6,10-11,14,17-19,22H2,2-4,7H3;1-2H2;1H2/b13-9-,24-21+,27-12+;;. The van der Waals surface area contributed by atoms with E-state index in [1.54, 1.807) is 0 Å². The van der Waals surface area contributed by atoms with Crippen molar-refractivity contribution in [2.75, 3.05) is 19.6 Å². The predicted molar refractivity (Wildman–Crippen MR) is 172 cm³/mol. The number of allylic oxidation sites excluding steroid dienone is 4. The van der Waals surface area contributed by atoms with Crippen molar-refractivity contribution in [3.05, 3.63) is 114 Å². The summed E-state index contributed by atoms with van der Waals surface area (Å²) in [6.07, 6.45) is 15.0. The molecule has 1 aromatic rings. The van der Waals surface area contributed by atoms with Crippen LogP contribution < -0.4 is 5.32 Å². The molecule has 0 radical (unpaired) electrons. The van der Waals surface area contributed by atoms with Crippen molar-refractivity contribution in [2.24, 2.45) is 0 Å². The third kappa shape index (κ3) is 9.18. The minimum atomic E-state index is -0.192. The van der Waals surface area contributed by atoms with Gasteiger partial charge in [0.2, 0.25) is 0 Å². The van der Waals surface area contributed by atoms with Gasteiger partial charge < -0.3 is 19.9 Å². The van der Waals surface area contributed by atoms with E-state index in [-0.39, 0.29) is 5.54 Å². The van der Waals surface area contributed by atoms with E-state index in [1.165, 1.54) is 28.8 Å². The zero-order valence-electron chi connectivity index (χ0n) is 24.6. The van der Waals surface area contributed by atoms with Crippen molar-refractivity contribution in [1.82, 2.24) is 15.1 Å². The van der Waals surface area contributed by atoms with E-state index in [4.69, 9.17) is 16.4 Å². The number of aryl methyl sites for hydroxylation is 1. The zero-order chi connectivity index (χ0) is 29.6. The fourth-order valence-electron chi connectivity index (χ4n) is 5.48. The summed E-state index contributed by atoms with van der Waals surface area (Å²) in [7, 11) is 0. The van der Waals surface area contributed by atoms with Crippen LogP contribution in [0.2, 0.25) is 5.02 Å². The fraction of sp³-hybridized carbons (Fsp3) is 0.382. The summed E-state index contributed by atoms with van der Waals surface area (Å²) in [4.78, 5) is 12.9. The molecule has 212 valence electrons. The number of carbonyl (C=O) groups excluding carboxylic acids is 1. The Morgan fingerprint density at radius 3 is 2.54 bits per heavy atom. The summed E-state index contributed by atoms with van der Waals surface area (Å²) in [6.45, 7) is 32.4. The zero-order valence-corrected chi connectivity index (χ0v) is 25.3. The average molecular weight is 550 g/mol. The first kappa shape index (κ1) is 33.8.